The Morgan fingerprint density at radius 1 is 0.633 bits per heavy atom. The van der Waals surface area contributed by atoms with Gasteiger partial charge >= 0.3 is 0 Å². The first kappa shape index (κ1) is 38.2. The third kappa shape index (κ3) is 10.6. The molecule has 0 atom stereocenters. The minimum atomic E-state index is -0.826. The van der Waals surface area contributed by atoms with Crippen LogP contribution in [-0.2, 0) is 0 Å². The summed E-state index contributed by atoms with van der Waals surface area (Å²) in [5.74, 6) is 6.68. The van der Waals surface area contributed by atoms with Crippen molar-refractivity contribution in [3.8, 4) is 23.7 Å². The van der Waals surface area contributed by atoms with E-state index >= 15 is 0 Å². The Kier molecular flexibility index (Phi) is 12.3. The third-order valence-electron chi connectivity index (χ3n) is 7.04. The lowest BCUT2D eigenvalue weighted by molar-refractivity contribution is 0.0635. The maximum absolute atomic E-state index is 14.2. The van der Waals surface area contributed by atoms with Crippen LogP contribution < -0.4 is 0 Å². The zero-order chi connectivity index (χ0) is 36.7. The molecule has 0 radical (unpaired) electrons. The molecule has 4 rings (SSSR count). The first-order valence-electron chi connectivity index (χ1n) is 14.7. The van der Waals surface area contributed by atoms with E-state index in [-0.39, 0.29) is 22.5 Å². The van der Waals surface area contributed by atoms with E-state index in [4.69, 9.17) is 11.6 Å². The summed E-state index contributed by atoms with van der Waals surface area (Å²) in [5.41, 5.74) is -0.480. The summed E-state index contributed by atoms with van der Waals surface area (Å²) >= 11 is 5.83. The van der Waals surface area contributed by atoms with Crippen molar-refractivity contribution in [2.24, 2.45) is 0 Å². The van der Waals surface area contributed by atoms with E-state index in [0.717, 1.165) is 24.3 Å². The Labute approximate surface area is 288 Å². The molecular weight excluding hydrogens is 658 g/mol. The lowest BCUT2D eigenvalue weighted by Gasteiger charge is -2.31. The molecule has 0 aliphatic rings. The molecule has 2 amide bonds. The first-order valence-corrected chi connectivity index (χ1v) is 15.1. The van der Waals surface area contributed by atoms with E-state index in [1.165, 1.54) is 34.5 Å². The number of aromatic nitrogens is 3. The summed E-state index contributed by atoms with van der Waals surface area (Å²) in [6, 6.07) is 6.78. The number of amides is 2. The van der Waals surface area contributed by atoms with Gasteiger partial charge in [-0.25, -0.2) is 27.5 Å². The van der Waals surface area contributed by atoms with Crippen LogP contribution in [0.2, 0.25) is 5.02 Å². The van der Waals surface area contributed by atoms with Crippen LogP contribution in [0.25, 0.3) is 0 Å². The van der Waals surface area contributed by atoms with Crippen molar-refractivity contribution in [2.75, 3.05) is 14.1 Å². The molecule has 4 aromatic rings. The van der Waals surface area contributed by atoms with Crippen LogP contribution >= 0.6 is 11.6 Å². The monoisotopic (exact) mass is 691 g/mol. The Balaban J connectivity index is 0.000000266. The fourth-order valence-electron chi connectivity index (χ4n) is 3.61. The minimum absolute atomic E-state index is 0.145. The number of pyridine rings is 3. The summed E-state index contributed by atoms with van der Waals surface area (Å²) in [6.07, 6.45) is 5.65. The van der Waals surface area contributed by atoms with Crippen LogP contribution in [0.5, 0.6) is 0 Å². The number of hydrogen-bond donors (Lipinski definition) is 0. The summed E-state index contributed by atoms with van der Waals surface area (Å²) < 4.78 is 55.0. The molecule has 0 fully saturated rings. The topological polar surface area (TPSA) is 79.3 Å². The number of nitrogens with zero attached hydrogens (tertiary/aromatic N) is 5. The predicted octanol–water partition coefficient (Wildman–Crippen LogP) is 7.31. The van der Waals surface area contributed by atoms with Gasteiger partial charge < -0.3 is 9.80 Å². The minimum Gasteiger partial charge on any atom is -0.335 e. The Morgan fingerprint density at radius 2 is 1.08 bits per heavy atom. The van der Waals surface area contributed by atoms with E-state index in [2.05, 4.69) is 38.6 Å². The van der Waals surface area contributed by atoms with Crippen molar-refractivity contribution < 1.29 is 27.2 Å². The Hall–Kier alpha value is -5.26. The van der Waals surface area contributed by atoms with Crippen LogP contribution in [0.4, 0.5) is 17.6 Å². The van der Waals surface area contributed by atoms with Crippen molar-refractivity contribution in [3.05, 3.63) is 123 Å². The molecule has 0 N–H and O–H groups in total. The van der Waals surface area contributed by atoms with Crippen LogP contribution in [-0.4, -0.2) is 61.7 Å². The molecule has 1 aromatic carbocycles. The number of benzene rings is 1. The highest BCUT2D eigenvalue weighted by Crippen LogP contribution is 2.18. The molecule has 0 spiro atoms. The van der Waals surface area contributed by atoms with Crippen LogP contribution in [0.3, 0.4) is 0 Å². The van der Waals surface area contributed by atoms with Gasteiger partial charge in [-0.15, -0.1) is 0 Å². The highest BCUT2D eigenvalue weighted by molar-refractivity contribution is 6.30. The maximum Gasteiger partial charge on any atom is 0.275 e. The quantitative estimate of drug-likeness (QED) is 0.163. The molecule has 7 nitrogen and oxygen atoms in total. The van der Waals surface area contributed by atoms with Crippen molar-refractivity contribution in [3.63, 3.8) is 0 Å². The smallest absolute Gasteiger partial charge is 0.275 e. The van der Waals surface area contributed by atoms with Gasteiger partial charge in [0.25, 0.3) is 11.8 Å². The lowest BCUT2D eigenvalue weighted by Crippen LogP contribution is -2.43. The Morgan fingerprint density at radius 3 is 1.51 bits per heavy atom. The van der Waals surface area contributed by atoms with Crippen LogP contribution in [0, 0.1) is 47.0 Å². The first-order chi connectivity index (χ1) is 22.8. The molecule has 254 valence electrons. The standard InChI is InChI=1S/C19H17F3N2O.C18H17ClFN3O/c1-19(2,3)24(4)18(25)17-16(22)9-12(11-23-17)5-6-13-10-14(20)7-8-15(13)21;1-18(2,3)23(4)17(24)16-15(20)8-13(10-22-16)6-5-12-7-14(19)11-21-9-12/h7-11H,1-4H3;7-11H,1-4H3. The largest absolute Gasteiger partial charge is 0.335 e. The molecule has 0 saturated heterocycles. The Bertz CT molecular complexity index is 2000. The average Bonchev–Trinajstić information content (AvgIpc) is 3.02. The maximum atomic E-state index is 14.2. The zero-order valence-corrected chi connectivity index (χ0v) is 29.0. The SMILES string of the molecule is CN(C(=O)c1ncc(C#Cc2cc(F)ccc2F)cc1F)C(C)(C)C.CN(C(=O)c1ncc(C#Cc2cncc(Cl)c2)cc1F)C(C)(C)C. The highest BCUT2D eigenvalue weighted by Gasteiger charge is 2.27. The van der Waals surface area contributed by atoms with Gasteiger partial charge in [0.2, 0.25) is 0 Å². The van der Waals surface area contributed by atoms with Gasteiger partial charge in [0, 0.05) is 66.7 Å². The van der Waals surface area contributed by atoms with Gasteiger partial charge in [-0.2, -0.15) is 0 Å². The number of rotatable bonds is 2. The van der Waals surface area contributed by atoms with Crippen molar-refractivity contribution >= 4 is 23.4 Å². The second-order valence-corrected chi connectivity index (χ2v) is 13.1. The van der Waals surface area contributed by atoms with E-state index in [9.17, 15) is 27.2 Å². The molecule has 12 heteroatoms. The van der Waals surface area contributed by atoms with E-state index in [1.54, 1.807) is 26.4 Å². The summed E-state index contributed by atoms with van der Waals surface area (Å²) in [5, 5.41) is 0.470. The van der Waals surface area contributed by atoms with Gasteiger partial charge in [-0.3, -0.25) is 14.6 Å². The predicted molar refractivity (Wildman–Crippen MR) is 180 cm³/mol. The lowest BCUT2D eigenvalue weighted by atomic mass is 10.1. The highest BCUT2D eigenvalue weighted by atomic mass is 35.5. The number of carbonyl (C=O) groups is 2. The van der Waals surface area contributed by atoms with Gasteiger partial charge in [0.1, 0.15) is 11.6 Å². The van der Waals surface area contributed by atoms with Crippen molar-refractivity contribution in [1.29, 1.82) is 0 Å². The summed E-state index contributed by atoms with van der Waals surface area (Å²) in [6.45, 7) is 11.0. The number of hydrogen-bond acceptors (Lipinski definition) is 5. The van der Waals surface area contributed by atoms with E-state index in [0.29, 0.717) is 16.1 Å². The molecule has 49 heavy (non-hydrogen) atoms. The van der Waals surface area contributed by atoms with Crippen molar-refractivity contribution in [1.82, 2.24) is 24.8 Å². The zero-order valence-electron chi connectivity index (χ0n) is 28.2. The normalized spacial score (nSPS) is 10.8. The third-order valence-corrected chi connectivity index (χ3v) is 7.24. The van der Waals surface area contributed by atoms with Gasteiger partial charge in [-0.1, -0.05) is 35.3 Å². The van der Waals surface area contributed by atoms with Crippen molar-refractivity contribution in [2.45, 2.75) is 52.6 Å². The number of halogens is 5. The van der Waals surface area contributed by atoms with Gasteiger partial charge in [-0.05, 0) is 77.9 Å². The fourth-order valence-corrected chi connectivity index (χ4v) is 3.79. The fraction of sp³-hybridized carbons (Fsp3) is 0.270. The second-order valence-electron chi connectivity index (χ2n) is 12.7. The molecule has 0 aliphatic heterocycles. The molecule has 3 aromatic heterocycles. The van der Waals surface area contributed by atoms with Crippen LogP contribution in [0.1, 0.15) is 84.8 Å². The average molecular weight is 692 g/mol. The van der Waals surface area contributed by atoms with Crippen LogP contribution in [0.15, 0.2) is 61.2 Å². The summed E-state index contributed by atoms with van der Waals surface area (Å²) in [7, 11) is 3.17. The second kappa shape index (κ2) is 15.8. The molecule has 3 heterocycles. The molecule has 0 aliphatic carbocycles. The van der Waals surface area contributed by atoms with E-state index in [1.807, 2.05) is 41.5 Å². The van der Waals surface area contributed by atoms with Gasteiger partial charge in [0.15, 0.2) is 23.0 Å². The molecular formula is C37H34ClF4N5O2. The number of carbonyl (C=O) groups excluding carboxylic acids is 2. The van der Waals surface area contributed by atoms with Gasteiger partial charge in [0.05, 0.1) is 10.6 Å². The molecule has 0 unspecified atom stereocenters. The molecule has 0 bridgehead atoms. The van der Waals surface area contributed by atoms with E-state index < -0.39 is 46.2 Å². The summed E-state index contributed by atoms with van der Waals surface area (Å²) in [4.78, 5) is 39.1. The molecule has 0 saturated carbocycles.